The van der Waals surface area contributed by atoms with Crippen LogP contribution in [0.2, 0.25) is 10.0 Å². The predicted molar refractivity (Wildman–Crippen MR) is 125 cm³/mol. The number of alkyl halides is 3. The zero-order chi connectivity index (χ0) is 25.5. The fourth-order valence-electron chi connectivity index (χ4n) is 3.58. The summed E-state index contributed by atoms with van der Waals surface area (Å²) in [6.07, 6.45) is -3.71. The zero-order valence-electron chi connectivity index (χ0n) is 17.8. The van der Waals surface area contributed by atoms with Crippen molar-refractivity contribution in [2.75, 3.05) is 6.61 Å². The van der Waals surface area contributed by atoms with Crippen LogP contribution in [-0.4, -0.2) is 28.4 Å². The fourth-order valence-corrected chi connectivity index (χ4v) is 4.88. The van der Waals surface area contributed by atoms with E-state index in [1.54, 1.807) is 0 Å². The quantitative estimate of drug-likeness (QED) is 0.497. The van der Waals surface area contributed by atoms with Crippen molar-refractivity contribution in [3.8, 4) is 5.75 Å². The number of halogens is 5. The predicted octanol–water partition coefficient (Wildman–Crippen LogP) is 4.35. The van der Waals surface area contributed by atoms with E-state index in [-0.39, 0.29) is 37.8 Å². The first-order valence-corrected chi connectivity index (χ1v) is 11.6. The molecule has 0 unspecified atom stereocenters. The second-order valence-corrected chi connectivity index (χ2v) is 9.20. The van der Waals surface area contributed by atoms with E-state index in [1.165, 1.54) is 55.5 Å². The van der Waals surface area contributed by atoms with Crippen molar-refractivity contribution < 1.29 is 27.8 Å². The number of aromatic hydroxyl groups is 1. The van der Waals surface area contributed by atoms with Gasteiger partial charge < -0.3 is 9.84 Å². The maximum absolute atomic E-state index is 14.1. The lowest BCUT2D eigenvalue weighted by molar-refractivity contribution is -0.140. The molecule has 1 aliphatic rings. The number of carbonyl (C=O) groups is 1. The van der Waals surface area contributed by atoms with Crippen molar-refractivity contribution in [1.29, 1.82) is 0 Å². The number of benzene rings is 2. The smallest absolute Gasteiger partial charge is 0.434 e. The topological polar surface area (TPSA) is 80.9 Å². The fraction of sp³-hybridized carbons (Fsp3) is 0.174. The third kappa shape index (κ3) is 4.86. The van der Waals surface area contributed by atoms with Crippen LogP contribution in [0.1, 0.15) is 24.1 Å². The summed E-state index contributed by atoms with van der Waals surface area (Å²) < 4.78 is 48.1. The van der Waals surface area contributed by atoms with Gasteiger partial charge in [-0.2, -0.15) is 13.2 Å². The van der Waals surface area contributed by atoms with E-state index in [2.05, 4.69) is 4.99 Å². The Labute approximate surface area is 209 Å². The molecule has 0 aliphatic carbocycles. The van der Waals surface area contributed by atoms with Gasteiger partial charge in [0.15, 0.2) is 10.5 Å². The lowest BCUT2D eigenvalue weighted by atomic mass is 9.95. The highest BCUT2D eigenvalue weighted by Crippen LogP contribution is 2.38. The summed E-state index contributed by atoms with van der Waals surface area (Å²) in [6.45, 7) is 1.27. The molecule has 35 heavy (non-hydrogen) atoms. The van der Waals surface area contributed by atoms with Gasteiger partial charge in [-0.1, -0.05) is 46.7 Å². The van der Waals surface area contributed by atoms with E-state index in [0.717, 1.165) is 4.57 Å². The Bertz CT molecular complexity index is 1530. The molecule has 0 saturated heterocycles. The van der Waals surface area contributed by atoms with Gasteiger partial charge in [-0.25, -0.2) is 9.79 Å². The number of hydrogen-bond donors (Lipinski definition) is 1. The highest BCUT2D eigenvalue weighted by Gasteiger charge is 2.45. The van der Waals surface area contributed by atoms with Crippen molar-refractivity contribution >= 4 is 46.6 Å². The maximum atomic E-state index is 14.1. The van der Waals surface area contributed by atoms with Crippen molar-refractivity contribution in [3.63, 3.8) is 0 Å². The molecule has 12 heteroatoms. The summed E-state index contributed by atoms with van der Waals surface area (Å²) in [7, 11) is 0. The number of nitrogens with zero attached hydrogens (tertiary/aromatic N) is 2. The van der Waals surface area contributed by atoms with Crippen LogP contribution >= 0.6 is 34.5 Å². The number of esters is 1. The second kappa shape index (κ2) is 9.52. The summed E-state index contributed by atoms with van der Waals surface area (Å²) in [5.41, 5.74) is -2.59. The number of rotatable bonds is 4. The minimum absolute atomic E-state index is 0.0214. The zero-order valence-corrected chi connectivity index (χ0v) is 20.1. The lowest BCUT2D eigenvalue weighted by Gasteiger charge is -2.26. The molecule has 6 nitrogen and oxygen atoms in total. The molecule has 1 atom stereocenters. The molecule has 4 rings (SSSR count). The molecule has 1 aliphatic heterocycles. The Hall–Kier alpha value is -3.08. The molecule has 0 radical (unpaired) electrons. The van der Waals surface area contributed by atoms with Gasteiger partial charge in [-0.15, -0.1) is 0 Å². The van der Waals surface area contributed by atoms with Crippen LogP contribution in [0.25, 0.3) is 6.08 Å². The van der Waals surface area contributed by atoms with Crippen LogP contribution in [0, 0.1) is 0 Å². The van der Waals surface area contributed by atoms with E-state index >= 15 is 0 Å². The number of phenolic OH excluding ortho intramolecular Hbond substituents is 1. The Morgan fingerprint density at radius 1 is 1.20 bits per heavy atom. The average Bonchev–Trinajstić information content (AvgIpc) is 3.10. The molecule has 0 saturated carbocycles. The number of fused-ring (bicyclic) bond motifs is 1. The first kappa shape index (κ1) is 25.0. The van der Waals surface area contributed by atoms with Crippen molar-refractivity contribution in [2.24, 2.45) is 4.99 Å². The molecule has 0 amide bonds. The van der Waals surface area contributed by atoms with Gasteiger partial charge in [0.1, 0.15) is 5.75 Å². The number of allylic oxidation sites excluding steroid dienone is 1. The van der Waals surface area contributed by atoms with E-state index in [9.17, 15) is 27.9 Å². The third-order valence-electron chi connectivity index (χ3n) is 5.06. The van der Waals surface area contributed by atoms with Crippen molar-refractivity contribution in [2.45, 2.75) is 19.1 Å². The monoisotopic (exact) mass is 542 g/mol. The molecular weight excluding hydrogens is 528 g/mol. The molecule has 0 fully saturated rings. The average molecular weight is 543 g/mol. The van der Waals surface area contributed by atoms with Gasteiger partial charge >= 0.3 is 12.1 Å². The Morgan fingerprint density at radius 2 is 1.86 bits per heavy atom. The molecule has 1 aromatic heterocycles. The molecule has 2 heterocycles. The number of thiazole rings is 1. The number of hydrogen-bond acceptors (Lipinski definition) is 6. The summed E-state index contributed by atoms with van der Waals surface area (Å²) in [5.74, 6) is -1.43. The highest BCUT2D eigenvalue weighted by molar-refractivity contribution is 7.07. The molecular formula is C23H15Cl2F3N2O4S. The summed E-state index contributed by atoms with van der Waals surface area (Å²) in [4.78, 5) is 29.6. The third-order valence-corrected chi connectivity index (χ3v) is 6.53. The SMILES string of the molecule is CCOC(=O)C1=C(C(F)(F)F)N=c2s/c(=C\c3cc(Cl)ccc3O)c(=O)n2[C@H]1c1ccc(Cl)cc1. The van der Waals surface area contributed by atoms with Crippen LogP contribution in [0.15, 0.2) is 63.5 Å². The van der Waals surface area contributed by atoms with Gasteiger partial charge in [0.2, 0.25) is 0 Å². The Balaban J connectivity index is 2.07. The summed E-state index contributed by atoms with van der Waals surface area (Å²) >= 11 is 12.6. The largest absolute Gasteiger partial charge is 0.507 e. The van der Waals surface area contributed by atoms with E-state index in [0.29, 0.717) is 16.4 Å². The minimum Gasteiger partial charge on any atom is -0.507 e. The molecule has 2 aromatic carbocycles. The van der Waals surface area contributed by atoms with Crippen LogP contribution in [0.5, 0.6) is 5.75 Å². The second-order valence-electron chi connectivity index (χ2n) is 7.32. The van der Waals surface area contributed by atoms with Gasteiger partial charge in [-0.05, 0) is 48.9 Å². The molecule has 0 bridgehead atoms. The standard InChI is InChI=1S/C23H15Cl2F3N2O4S/c1-2-34-21(33)17-18(11-3-5-13(24)6-4-11)30-20(32)16(10-12-9-14(25)7-8-15(12)31)35-22(30)29-19(17)23(26,27)28/h3-10,18,31H,2H2,1H3/b16-10-/t18-/m0/s1. The van der Waals surface area contributed by atoms with E-state index in [4.69, 9.17) is 27.9 Å². The Morgan fingerprint density at radius 3 is 2.49 bits per heavy atom. The van der Waals surface area contributed by atoms with Gasteiger partial charge in [0, 0.05) is 15.6 Å². The van der Waals surface area contributed by atoms with E-state index < -0.39 is 35.0 Å². The summed E-state index contributed by atoms with van der Waals surface area (Å²) in [6, 6.07) is 8.41. The number of phenols is 1. The van der Waals surface area contributed by atoms with Crippen LogP contribution < -0.4 is 14.9 Å². The normalized spacial score (nSPS) is 16.2. The lowest BCUT2D eigenvalue weighted by Crippen LogP contribution is -2.41. The van der Waals surface area contributed by atoms with Gasteiger partial charge in [0.05, 0.1) is 22.8 Å². The highest BCUT2D eigenvalue weighted by atomic mass is 35.5. The van der Waals surface area contributed by atoms with Gasteiger partial charge in [0.25, 0.3) is 5.56 Å². The molecule has 1 N–H and O–H groups in total. The van der Waals surface area contributed by atoms with Crippen LogP contribution in [0.3, 0.4) is 0 Å². The number of carbonyl (C=O) groups excluding carboxylic acids is 1. The molecule has 182 valence electrons. The first-order valence-electron chi connectivity index (χ1n) is 10.1. The molecule has 0 spiro atoms. The Kier molecular flexibility index (Phi) is 6.81. The first-order chi connectivity index (χ1) is 16.5. The van der Waals surface area contributed by atoms with Crippen molar-refractivity contribution in [3.05, 3.63) is 94.6 Å². The number of ether oxygens (including phenoxy) is 1. The van der Waals surface area contributed by atoms with Crippen LogP contribution in [-0.2, 0) is 9.53 Å². The van der Waals surface area contributed by atoms with E-state index in [1.807, 2.05) is 0 Å². The maximum Gasteiger partial charge on any atom is 0.434 e. The van der Waals surface area contributed by atoms with Crippen LogP contribution in [0.4, 0.5) is 13.2 Å². The molecule has 3 aromatic rings. The minimum atomic E-state index is -5.01. The summed E-state index contributed by atoms with van der Waals surface area (Å²) in [5, 5.41) is 10.7. The number of aromatic nitrogens is 1. The van der Waals surface area contributed by atoms with Crippen molar-refractivity contribution in [1.82, 2.24) is 4.57 Å². The van der Waals surface area contributed by atoms with Gasteiger partial charge in [-0.3, -0.25) is 9.36 Å².